The Bertz CT molecular complexity index is 590. The molecule has 0 spiro atoms. The maximum Gasteiger partial charge on any atom is 0.422 e. The van der Waals surface area contributed by atoms with Crippen molar-refractivity contribution in [3.8, 4) is 5.75 Å². The number of halogens is 4. The first-order valence-corrected chi connectivity index (χ1v) is 8.55. The van der Waals surface area contributed by atoms with Gasteiger partial charge in [0.25, 0.3) is 0 Å². The van der Waals surface area contributed by atoms with E-state index < -0.39 is 12.8 Å². The fraction of sp³-hybridized carbons (Fsp3) is 0.611. The number of hydrogen-bond donors (Lipinski definition) is 2. The number of ether oxygens (including phenoxy) is 1. The molecule has 26 heavy (non-hydrogen) atoms. The molecule has 0 aromatic heterocycles. The van der Waals surface area contributed by atoms with E-state index in [4.69, 9.17) is 4.74 Å². The van der Waals surface area contributed by atoms with Crippen molar-refractivity contribution in [2.24, 2.45) is 11.8 Å². The van der Waals surface area contributed by atoms with Crippen molar-refractivity contribution in [1.82, 2.24) is 5.32 Å². The molecule has 2 N–H and O–H groups in total. The van der Waals surface area contributed by atoms with E-state index in [0.29, 0.717) is 12.3 Å². The first-order valence-electron chi connectivity index (χ1n) is 8.55. The molecule has 1 heterocycles. The van der Waals surface area contributed by atoms with Gasteiger partial charge in [-0.2, -0.15) is 13.2 Å². The molecular formula is C18H26ClF3N2O2. The number of piperidine rings is 1. The maximum atomic E-state index is 12.4. The molecule has 1 aliphatic rings. The van der Waals surface area contributed by atoms with Crippen LogP contribution in [-0.2, 0) is 4.79 Å². The summed E-state index contributed by atoms with van der Waals surface area (Å²) in [4.78, 5) is 12.3. The molecule has 4 nitrogen and oxygen atoms in total. The molecule has 1 unspecified atom stereocenters. The van der Waals surface area contributed by atoms with Gasteiger partial charge in [0.15, 0.2) is 6.61 Å². The molecule has 1 aromatic carbocycles. The molecule has 0 bridgehead atoms. The summed E-state index contributed by atoms with van der Waals surface area (Å²) < 4.78 is 42.0. The van der Waals surface area contributed by atoms with Crippen molar-refractivity contribution in [1.29, 1.82) is 0 Å². The van der Waals surface area contributed by atoms with Crippen LogP contribution in [0.2, 0.25) is 0 Å². The minimum absolute atomic E-state index is 0. The summed E-state index contributed by atoms with van der Waals surface area (Å²) in [5.41, 5.74) is 1.04. The molecule has 148 valence electrons. The molecule has 1 amide bonds. The third-order valence-electron chi connectivity index (χ3n) is 4.50. The topological polar surface area (TPSA) is 50.4 Å². The Morgan fingerprint density at radius 2 is 2.00 bits per heavy atom. The summed E-state index contributed by atoms with van der Waals surface area (Å²) in [6, 6.07) is 4.80. The third kappa shape index (κ3) is 7.41. The van der Waals surface area contributed by atoms with Crippen molar-refractivity contribution >= 4 is 24.0 Å². The largest absolute Gasteiger partial charge is 0.482 e. The molecule has 1 aliphatic heterocycles. The fourth-order valence-electron chi connectivity index (χ4n) is 3.09. The second-order valence-electron chi connectivity index (χ2n) is 6.72. The summed E-state index contributed by atoms with van der Waals surface area (Å²) in [7, 11) is 0. The molecule has 0 saturated carbocycles. The number of carbonyl (C=O) groups excluding carboxylic acids is 1. The van der Waals surface area contributed by atoms with Crippen molar-refractivity contribution in [3.63, 3.8) is 0 Å². The number of anilines is 1. The monoisotopic (exact) mass is 394 g/mol. The first kappa shape index (κ1) is 22.6. The number of benzene rings is 1. The quantitative estimate of drug-likeness (QED) is 0.755. The standard InChI is InChI=1S/C18H25F3N2O2.ClH/c1-12-3-4-15(16(9-12)25-11-18(19,20)21)23-17(24)10-13(2)14-5-7-22-8-6-14;/h3-4,9,13-14,22H,5-8,10-11H2,1-2H3,(H,23,24);1H. The van der Waals surface area contributed by atoms with Gasteiger partial charge in [-0.1, -0.05) is 13.0 Å². The maximum absolute atomic E-state index is 12.4. The summed E-state index contributed by atoms with van der Waals surface area (Å²) in [5, 5.41) is 5.99. The average molecular weight is 395 g/mol. The second-order valence-corrected chi connectivity index (χ2v) is 6.72. The van der Waals surface area contributed by atoms with Crippen LogP contribution in [-0.4, -0.2) is 31.8 Å². The molecule has 1 saturated heterocycles. The molecule has 2 rings (SSSR count). The summed E-state index contributed by atoms with van der Waals surface area (Å²) in [6.07, 6.45) is -2.00. The minimum Gasteiger partial charge on any atom is -0.482 e. The zero-order valence-corrected chi connectivity index (χ0v) is 15.8. The number of aryl methyl sites for hydroxylation is 1. The zero-order chi connectivity index (χ0) is 18.4. The van der Waals surface area contributed by atoms with Crippen LogP contribution < -0.4 is 15.4 Å². The van der Waals surface area contributed by atoms with Crippen molar-refractivity contribution in [2.75, 3.05) is 25.0 Å². The number of rotatable bonds is 6. The van der Waals surface area contributed by atoms with Gasteiger partial charge in [0.05, 0.1) is 5.69 Å². The Kier molecular flexibility index (Phi) is 8.70. The SMILES string of the molecule is Cc1ccc(NC(=O)CC(C)C2CCNCC2)c(OCC(F)(F)F)c1.Cl. The van der Waals surface area contributed by atoms with E-state index in [1.165, 1.54) is 6.07 Å². The molecular weight excluding hydrogens is 369 g/mol. The Balaban J connectivity index is 0.00000338. The number of amides is 1. The number of carbonyl (C=O) groups is 1. The van der Waals surface area contributed by atoms with E-state index in [0.717, 1.165) is 31.5 Å². The van der Waals surface area contributed by atoms with E-state index in [9.17, 15) is 18.0 Å². The lowest BCUT2D eigenvalue weighted by atomic mass is 9.84. The van der Waals surface area contributed by atoms with Crippen LogP contribution in [0.25, 0.3) is 0 Å². The van der Waals surface area contributed by atoms with Crippen molar-refractivity contribution in [3.05, 3.63) is 23.8 Å². The lowest BCUT2D eigenvalue weighted by Gasteiger charge is -2.28. The Hall–Kier alpha value is -1.47. The van der Waals surface area contributed by atoms with Crippen LogP contribution in [0.15, 0.2) is 18.2 Å². The van der Waals surface area contributed by atoms with Gasteiger partial charge >= 0.3 is 6.18 Å². The highest BCUT2D eigenvalue weighted by molar-refractivity contribution is 5.92. The summed E-state index contributed by atoms with van der Waals surface area (Å²) in [6.45, 7) is 4.34. The fourth-order valence-corrected chi connectivity index (χ4v) is 3.09. The van der Waals surface area contributed by atoms with Crippen LogP contribution in [0.5, 0.6) is 5.75 Å². The zero-order valence-electron chi connectivity index (χ0n) is 15.0. The van der Waals surface area contributed by atoms with Gasteiger partial charge in [0.2, 0.25) is 5.91 Å². The highest BCUT2D eigenvalue weighted by atomic mass is 35.5. The molecule has 0 radical (unpaired) electrons. The lowest BCUT2D eigenvalue weighted by molar-refractivity contribution is -0.153. The molecule has 1 aromatic rings. The van der Waals surface area contributed by atoms with Crippen LogP contribution in [0, 0.1) is 18.8 Å². The van der Waals surface area contributed by atoms with Crippen LogP contribution in [0.3, 0.4) is 0 Å². The van der Waals surface area contributed by atoms with Crippen molar-refractivity contribution < 1.29 is 22.7 Å². The van der Waals surface area contributed by atoms with E-state index >= 15 is 0 Å². The van der Waals surface area contributed by atoms with Gasteiger partial charge < -0.3 is 15.4 Å². The normalized spacial score (nSPS) is 16.5. The van der Waals surface area contributed by atoms with E-state index in [1.807, 2.05) is 6.92 Å². The Morgan fingerprint density at radius 1 is 1.35 bits per heavy atom. The molecule has 1 atom stereocenters. The van der Waals surface area contributed by atoms with Gasteiger partial charge in [0, 0.05) is 6.42 Å². The molecule has 1 fully saturated rings. The van der Waals surface area contributed by atoms with Crippen LogP contribution in [0.4, 0.5) is 18.9 Å². The predicted molar refractivity (Wildman–Crippen MR) is 98.0 cm³/mol. The minimum atomic E-state index is -4.42. The smallest absolute Gasteiger partial charge is 0.422 e. The first-order chi connectivity index (χ1) is 11.7. The average Bonchev–Trinajstić information content (AvgIpc) is 2.55. The van der Waals surface area contributed by atoms with Gasteiger partial charge in [-0.05, 0) is 62.4 Å². The summed E-state index contributed by atoms with van der Waals surface area (Å²) in [5.74, 6) is 0.560. The summed E-state index contributed by atoms with van der Waals surface area (Å²) >= 11 is 0. The van der Waals surface area contributed by atoms with Crippen LogP contribution >= 0.6 is 12.4 Å². The number of alkyl halides is 3. The van der Waals surface area contributed by atoms with Gasteiger partial charge in [0.1, 0.15) is 5.75 Å². The van der Waals surface area contributed by atoms with Gasteiger partial charge in [-0.3, -0.25) is 4.79 Å². The lowest BCUT2D eigenvalue weighted by Crippen LogP contribution is -2.32. The highest BCUT2D eigenvalue weighted by Crippen LogP contribution is 2.29. The van der Waals surface area contributed by atoms with Gasteiger partial charge in [-0.15, -0.1) is 12.4 Å². The second kappa shape index (κ2) is 10.0. The number of hydrogen-bond acceptors (Lipinski definition) is 3. The van der Waals surface area contributed by atoms with E-state index in [1.54, 1.807) is 19.1 Å². The Labute approximate surface area is 158 Å². The van der Waals surface area contributed by atoms with E-state index in [2.05, 4.69) is 10.6 Å². The Morgan fingerprint density at radius 3 is 2.62 bits per heavy atom. The van der Waals surface area contributed by atoms with Crippen LogP contribution in [0.1, 0.15) is 31.7 Å². The number of nitrogens with one attached hydrogen (secondary N) is 2. The highest BCUT2D eigenvalue weighted by Gasteiger charge is 2.29. The molecule has 0 aliphatic carbocycles. The van der Waals surface area contributed by atoms with E-state index in [-0.39, 0.29) is 35.7 Å². The van der Waals surface area contributed by atoms with Crippen molar-refractivity contribution in [2.45, 2.75) is 39.3 Å². The molecule has 8 heteroatoms. The van der Waals surface area contributed by atoms with Gasteiger partial charge in [-0.25, -0.2) is 0 Å². The predicted octanol–water partition coefficient (Wildman–Crippen LogP) is 4.32. The third-order valence-corrected chi connectivity index (χ3v) is 4.50.